The van der Waals surface area contributed by atoms with Crippen LogP contribution in [0.4, 0.5) is 0 Å². The molecule has 0 radical (unpaired) electrons. The van der Waals surface area contributed by atoms with Crippen molar-refractivity contribution < 1.29 is 19.4 Å². The van der Waals surface area contributed by atoms with Crippen LogP contribution in [-0.4, -0.2) is 23.7 Å². The molecule has 0 unspecified atom stereocenters. The Morgan fingerprint density at radius 2 is 2.23 bits per heavy atom. The second-order valence-corrected chi connectivity index (χ2v) is 2.07. The lowest BCUT2D eigenvalue weighted by Crippen LogP contribution is -2.16. The maximum Gasteiger partial charge on any atom is 0.342 e. The molecule has 0 spiro atoms. The number of hydrogen-bond donors (Lipinski definition) is 1. The molecular formula is C8H9NO4. The third-order valence-electron chi connectivity index (χ3n) is 1.22. The first kappa shape index (κ1) is 11.3. The second-order valence-electron chi connectivity index (χ2n) is 2.07. The molecule has 5 nitrogen and oxygen atoms in total. The van der Waals surface area contributed by atoms with Crippen molar-refractivity contribution in [1.82, 2.24) is 0 Å². The number of allylic oxidation sites excluding steroid dienone is 1. The highest BCUT2D eigenvalue weighted by atomic mass is 16.6. The van der Waals surface area contributed by atoms with Crippen LogP contribution >= 0.6 is 0 Å². The summed E-state index contributed by atoms with van der Waals surface area (Å²) >= 11 is 0. The molecule has 0 atom stereocenters. The van der Waals surface area contributed by atoms with Crippen LogP contribution in [0.1, 0.15) is 13.3 Å². The molecule has 0 aliphatic rings. The van der Waals surface area contributed by atoms with Crippen LogP contribution in [0.5, 0.6) is 0 Å². The maximum atomic E-state index is 11.0. The lowest BCUT2D eigenvalue weighted by atomic mass is 10.2. The van der Waals surface area contributed by atoms with Crippen molar-refractivity contribution in [3.8, 4) is 6.07 Å². The SMILES string of the molecule is CCC(=CC#N)C(=O)OC(=O)CO. The van der Waals surface area contributed by atoms with Crippen molar-refractivity contribution in [2.75, 3.05) is 6.61 Å². The van der Waals surface area contributed by atoms with E-state index in [0.29, 0.717) is 6.42 Å². The van der Waals surface area contributed by atoms with Gasteiger partial charge in [-0.2, -0.15) is 5.26 Å². The first-order valence-electron chi connectivity index (χ1n) is 3.60. The Kier molecular flexibility index (Phi) is 5.15. The summed E-state index contributed by atoms with van der Waals surface area (Å²) in [6.45, 7) is 0.795. The zero-order valence-electron chi connectivity index (χ0n) is 7.11. The molecule has 0 aromatic rings. The van der Waals surface area contributed by atoms with Gasteiger partial charge in [-0.3, -0.25) is 0 Å². The fraction of sp³-hybridized carbons (Fsp3) is 0.375. The Morgan fingerprint density at radius 3 is 2.62 bits per heavy atom. The minimum Gasteiger partial charge on any atom is -0.388 e. The molecule has 0 bridgehead atoms. The Bertz CT molecular complexity index is 274. The van der Waals surface area contributed by atoms with Gasteiger partial charge < -0.3 is 9.84 Å². The van der Waals surface area contributed by atoms with Crippen LogP contribution < -0.4 is 0 Å². The van der Waals surface area contributed by atoms with E-state index in [0.717, 1.165) is 6.08 Å². The van der Waals surface area contributed by atoms with Gasteiger partial charge in [0, 0.05) is 11.6 Å². The van der Waals surface area contributed by atoms with Crippen molar-refractivity contribution >= 4 is 11.9 Å². The van der Waals surface area contributed by atoms with Crippen LogP contribution in [0.25, 0.3) is 0 Å². The van der Waals surface area contributed by atoms with E-state index in [2.05, 4.69) is 4.74 Å². The fourth-order valence-electron chi connectivity index (χ4n) is 0.584. The van der Waals surface area contributed by atoms with E-state index in [1.807, 2.05) is 0 Å². The number of hydrogen-bond acceptors (Lipinski definition) is 5. The molecular weight excluding hydrogens is 174 g/mol. The Morgan fingerprint density at radius 1 is 1.62 bits per heavy atom. The molecule has 0 aliphatic carbocycles. The Balaban J connectivity index is 4.34. The summed E-state index contributed by atoms with van der Waals surface area (Å²) in [5, 5.41) is 16.5. The average molecular weight is 183 g/mol. The molecule has 0 aromatic carbocycles. The van der Waals surface area contributed by atoms with Gasteiger partial charge in [-0.05, 0) is 6.42 Å². The van der Waals surface area contributed by atoms with Gasteiger partial charge in [0.15, 0.2) is 0 Å². The molecule has 13 heavy (non-hydrogen) atoms. The molecule has 0 fully saturated rings. The first-order chi connectivity index (χ1) is 6.15. The number of rotatable bonds is 3. The minimum absolute atomic E-state index is 0.101. The lowest BCUT2D eigenvalue weighted by molar-refractivity contribution is -0.159. The first-order valence-corrected chi connectivity index (χ1v) is 3.60. The predicted octanol–water partition coefficient (Wildman–Crippen LogP) is -0.0915. The number of aliphatic hydroxyl groups excluding tert-OH is 1. The number of ether oxygens (including phenoxy) is 1. The summed E-state index contributed by atoms with van der Waals surface area (Å²) in [5.41, 5.74) is 0.101. The number of esters is 2. The van der Waals surface area contributed by atoms with Gasteiger partial charge in [-0.1, -0.05) is 6.92 Å². The van der Waals surface area contributed by atoms with Crippen molar-refractivity contribution in [2.24, 2.45) is 0 Å². The van der Waals surface area contributed by atoms with E-state index in [1.165, 1.54) is 0 Å². The molecule has 0 heterocycles. The molecule has 5 heteroatoms. The van der Waals surface area contributed by atoms with Crippen LogP contribution in [0.3, 0.4) is 0 Å². The van der Waals surface area contributed by atoms with Crippen LogP contribution in [0.2, 0.25) is 0 Å². The van der Waals surface area contributed by atoms with Crippen molar-refractivity contribution in [3.05, 3.63) is 11.6 Å². The van der Waals surface area contributed by atoms with E-state index in [4.69, 9.17) is 10.4 Å². The number of nitriles is 1. The fourth-order valence-corrected chi connectivity index (χ4v) is 0.584. The smallest absolute Gasteiger partial charge is 0.342 e. The van der Waals surface area contributed by atoms with Crippen molar-refractivity contribution in [3.63, 3.8) is 0 Å². The summed E-state index contributed by atoms with van der Waals surface area (Å²) in [7, 11) is 0. The van der Waals surface area contributed by atoms with E-state index in [1.54, 1.807) is 13.0 Å². The topological polar surface area (TPSA) is 87.4 Å². The number of aliphatic hydroxyl groups is 1. The van der Waals surface area contributed by atoms with Gasteiger partial charge in [0.05, 0.1) is 6.07 Å². The van der Waals surface area contributed by atoms with E-state index in [9.17, 15) is 9.59 Å². The normalized spacial score (nSPS) is 10.4. The molecule has 0 aliphatic heterocycles. The number of nitrogens with zero attached hydrogens (tertiary/aromatic N) is 1. The highest BCUT2D eigenvalue weighted by Gasteiger charge is 2.12. The molecule has 70 valence electrons. The van der Waals surface area contributed by atoms with Gasteiger partial charge in [-0.15, -0.1) is 0 Å². The van der Waals surface area contributed by atoms with E-state index >= 15 is 0 Å². The average Bonchev–Trinajstić information content (AvgIpc) is 2.13. The molecule has 0 amide bonds. The highest BCUT2D eigenvalue weighted by molar-refractivity contribution is 5.96. The predicted molar refractivity (Wildman–Crippen MR) is 42.2 cm³/mol. The van der Waals surface area contributed by atoms with Crippen LogP contribution in [0.15, 0.2) is 11.6 Å². The number of carbonyl (C=O) groups excluding carboxylic acids is 2. The zero-order valence-corrected chi connectivity index (χ0v) is 7.11. The van der Waals surface area contributed by atoms with Crippen molar-refractivity contribution in [2.45, 2.75) is 13.3 Å². The largest absolute Gasteiger partial charge is 0.388 e. The third-order valence-corrected chi connectivity index (χ3v) is 1.22. The van der Waals surface area contributed by atoms with Gasteiger partial charge >= 0.3 is 11.9 Å². The van der Waals surface area contributed by atoms with Crippen LogP contribution in [-0.2, 0) is 14.3 Å². The Hall–Kier alpha value is -1.67. The Labute approximate surface area is 75.2 Å². The standard InChI is InChI=1S/C8H9NO4/c1-2-6(3-4-9)8(12)13-7(11)5-10/h3,10H,2,5H2,1H3. The number of carbonyl (C=O) groups is 2. The van der Waals surface area contributed by atoms with E-state index in [-0.39, 0.29) is 5.57 Å². The summed E-state index contributed by atoms with van der Waals surface area (Å²) in [6.07, 6.45) is 1.30. The summed E-state index contributed by atoms with van der Waals surface area (Å²) in [6, 6.07) is 1.65. The molecule has 0 aromatic heterocycles. The van der Waals surface area contributed by atoms with Crippen molar-refractivity contribution in [1.29, 1.82) is 5.26 Å². The summed E-state index contributed by atoms with van der Waals surface area (Å²) in [5.74, 6) is -1.91. The summed E-state index contributed by atoms with van der Waals surface area (Å²) < 4.78 is 4.16. The molecule has 0 saturated heterocycles. The van der Waals surface area contributed by atoms with E-state index < -0.39 is 18.5 Å². The highest BCUT2D eigenvalue weighted by Crippen LogP contribution is 2.02. The minimum atomic E-state index is -1.03. The van der Waals surface area contributed by atoms with Crippen LogP contribution in [0, 0.1) is 11.3 Å². The van der Waals surface area contributed by atoms with Gasteiger partial charge in [0.25, 0.3) is 0 Å². The second kappa shape index (κ2) is 5.91. The quantitative estimate of drug-likeness (QED) is 0.286. The maximum absolute atomic E-state index is 11.0. The monoisotopic (exact) mass is 183 g/mol. The molecule has 0 saturated carbocycles. The van der Waals surface area contributed by atoms with Gasteiger partial charge in [-0.25, -0.2) is 9.59 Å². The third kappa shape index (κ3) is 4.03. The zero-order chi connectivity index (χ0) is 10.3. The molecule has 0 rings (SSSR count). The summed E-state index contributed by atoms with van der Waals surface area (Å²) in [4.78, 5) is 21.4. The van der Waals surface area contributed by atoms with Gasteiger partial charge in [0.2, 0.25) is 0 Å². The molecule has 1 N–H and O–H groups in total. The van der Waals surface area contributed by atoms with Gasteiger partial charge in [0.1, 0.15) is 6.61 Å². The lowest BCUT2D eigenvalue weighted by Gasteiger charge is -2.00.